The molecule has 0 bridgehead atoms. The van der Waals surface area contributed by atoms with Crippen LogP contribution in [0, 0.1) is 0 Å². The molecule has 0 amide bonds. The van der Waals surface area contributed by atoms with Crippen LogP contribution in [0.25, 0.3) is 66.8 Å². The molecule has 4 heteroatoms. The molecule has 0 spiro atoms. The normalized spacial score (nSPS) is 13.5. The summed E-state index contributed by atoms with van der Waals surface area (Å²) in [4.78, 5) is 14.8. The Balaban J connectivity index is 1.19. The molecule has 0 radical (unpaired) electrons. The number of nitrogens with one attached hydrogen (secondary N) is 1. The van der Waals surface area contributed by atoms with Crippen molar-refractivity contribution in [3.8, 4) is 66.8 Å². The predicted molar refractivity (Wildman–Crippen MR) is 249 cm³/mol. The van der Waals surface area contributed by atoms with E-state index < -0.39 is 6.17 Å². The molecule has 0 fully saturated rings. The number of pyridine rings is 1. The minimum absolute atomic E-state index is 0.402. The molecule has 10 rings (SSSR count). The van der Waals surface area contributed by atoms with Gasteiger partial charge >= 0.3 is 0 Å². The molecule has 2 heterocycles. The van der Waals surface area contributed by atoms with E-state index in [1.165, 1.54) is 27.8 Å². The topological polar surface area (TPSA) is 49.6 Å². The molecule has 1 aliphatic rings. The van der Waals surface area contributed by atoms with Crippen LogP contribution >= 0.6 is 0 Å². The van der Waals surface area contributed by atoms with Gasteiger partial charge in [0, 0.05) is 29.1 Å². The second-order valence-electron chi connectivity index (χ2n) is 14.8. The lowest BCUT2D eigenvalue weighted by atomic mass is 9.78. The Morgan fingerprint density at radius 1 is 0.350 bits per heavy atom. The van der Waals surface area contributed by atoms with E-state index in [-0.39, 0.29) is 0 Å². The highest BCUT2D eigenvalue weighted by Crippen LogP contribution is 2.50. The number of aromatic nitrogens is 1. The van der Waals surface area contributed by atoms with Crippen LogP contribution in [-0.4, -0.2) is 16.7 Å². The van der Waals surface area contributed by atoms with Gasteiger partial charge in [-0.15, -0.1) is 0 Å². The van der Waals surface area contributed by atoms with Crippen LogP contribution in [0.1, 0.15) is 22.9 Å². The zero-order valence-corrected chi connectivity index (χ0v) is 32.9. The lowest BCUT2D eigenvalue weighted by Crippen LogP contribution is -2.33. The van der Waals surface area contributed by atoms with Crippen LogP contribution in [-0.2, 0) is 0 Å². The number of amidine groups is 2. The van der Waals surface area contributed by atoms with Crippen LogP contribution in [0.15, 0.2) is 241 Å². The lowest BCUT2D eigenvalue weighted by molar-refractivity contribution is 0.674. The molecule has 8 aromatic carbocycles. The Morgan fingerprint density at radius 2 is 0.833 bits per heavy atom. The number of hydrogen-bond donors (Lipinski definition) is 1. The zero-order valence-electron chi connectivity index (χ0n) is 32.9. The Bertz CT molecular complexity index is 2960. The summed E-state index contributed by atoms with van der Waals surface area (Å²) in [6.45, 7) is 0. The van der Waals surface area contributed by atoms with Crippen LogP contribution in [0.4, 0.5) is 0 Å². The van der Waals surface area contributed by atoms with E-state index in [4.69, 9.17) is 9.98 Å². The van der Waals surface area contributed by atoms with Crippen LogP contribution in [0.2, 0.25) is 0 Å². The van der Waals surface area contributed by atoms with Crippen molar-refractivity contribution in [1.82, 2.24) is 10.3 Å². The summed E-state index contributed by atoms with van der Waals surface area (Å²) in [5.74, 6) is 1.45. The largest absolute Gasteiger partial charge is 0.344 e. The van der Waals surface area contributed by atoms with Crippen LogP contribution in [0.5, 0.6) is 0 Å². The quantitative estimate of drug-likeness (QED) is 0.159. The lowest BCUT2D eigenvalue weighted by Gasteiger charge is -2.26. The first-order chi connectivity index (χ1) is 29.8. The van der Waals surface area contributed by atoms with Gasteiger partial charge < -0.3 is 5.32 Å². The molecule has 0 saturated heterocycles. The first-order valence-corrected chi connectivity index (χ1v) is 20.3. The first-order valence-electron chi connectivity index (χ1n) is 20.3. The molecule has 284 valence electrons. The summed E-state index contributed by atoms with van der Waals surface area (Å²) in [7, 11) is 0. The fraction of sp³-hybridized carbons (Fsp3) is 0.0179. The van der Waals surface area contributed by atoms with E-state index in [9.17, 15) is 0 Å². The number of hydrogen-bond acceptors (Lipinski definition) is 4. The van der Waals surface area contributed by atoms with E-state index in [0.29, 0.717) is 5.84 Å². The Morgan fingerprint density at radius 3 is 1.43 bits per heavy atom. The van der Waals surface area contributed by atoms with Gasteiger partial charge in [-0.3, -0.25) is 4.98 Å². The minimum Gasteiger partial charge on any atom is -0.344 e. The van der Waals surface area contributed by atoms with Gasteiger partial charge in [0.1, 0.15) is 12.0 Å². The van der Waals surface area contributed by atoms with Gasteiger partial charge in [0.2, 0.25) is 0 Å². The SMILES string of the molecule is c1ccc(C2=NC(c3cccc(-c4cccnc4)c3)=NC(c3cccc(-c4cc(-c5ccccc5)c(-c5ccccc5)c(-c5ccccc5)c4-c4ccccc4)c3)N2)cc1. The molecule has 4 nitrogen and oxygen atoms in total. The van der Waals surface area contributed by atoms with E-state index >= 15 is 0 Å². The van der Waals surface area contributed by atoms with Gasteiger partial charge in [0.15, 0.2) is 5.84 Å². The molecular weight excluding hydrogens is 729 g/mol. The maximum atomic E-state index is 5.33. The van der Waals surface area contributed by atoms with Crippen molar-refractivity contribution >= 4 is 11.7 Å². The molecular formula is C56H40N4. The highest BCUT2D eigenvalue weighted by atomic mass is 15.2. The Kier molecular flexibility index (Phi) is 10.0. The third-order valence-corrected chi connectivity index (χ3v) is 11.0. The number of rotatable bonds is 9. The van der Waals surface area contributed by atoms with Gasteiger partial charge in [-0.05, 0) is 91.0 Å². The molecule has 1 atom stereocenters. The average Bonchev–Trinajstić information content (AvgIpc) is 3.35. The van der Waals surface area contributed by atoms with Crippen molar-refractivity contribution in [2.24, 2.45) is 9.98 Å². The van der Waals surface area contributed by atoms with Gasteiger partial charge in [0.25, 0.3) is 0 Å². The molecule has 0 aliphatic carbocycles. The fourth-order valence-corrected chi connectivity index (χ4v) is 8.20. The summed E-state index contributed by atoms with van der Waals surface area (Å²) in [5.41, 5.74) is 16.7. The van der Waals surface area contributed by atoms with Gasteiger partial charge in [-0.2, -0.15) is 0 Å². The Labute approximate surface area is 351 Å². The summed E-state index contributed by atoms with van der Waals surface area (Å²) in [6, 6.07) is 77.2. The Hall–Kier alpha value is -7.95. The third kappa shape index (κ3) is 7.34. The molecule has 1 aliphatic heterocycles. The smallest absolute Gasteiger partial charge is 0.159 e. The first kappa shape index (κ1) is 36.4. The van der Waals surface area contributed by atoms with Crippen LogP contribution < -0.4 is 5.32 Å². The minimum atomic E-state index is -0.402. The van der Waals surface area contributed by atoms with Crippen molar-refractivity contribution in [2.45, 2.75) is 6.17 Å². The predicted octanol–water partition coefficient (Wildman–Crippen LogP) is 13.6. The fourth-order valence-electron chi connectivity index (χ4n) is 8.20. The van der Waals surface area contributed by atoms with Crippen molar-refractivity contribution in [3.05, 3.63) is 247 Å². The zero-order chi connectivity index (χ0) is 40.1. The highest BCUT2D eigenvalue weighted by molar-refractivity contribution is 6.13. The third-order valence-electron chi connectivity index (χ3n) is 11.0. The molecule has 1 aromatic heterocycles. The number of nitrogens with zero attached hydrogens (tertiary/aromatic N) is 3. The van der Waals surface area contributed by atoms with E-state index in [0.717, 1.165) is 61.5 Å². The van der Waals surface area contributed by atoms with Gasteiger partial charge in [0.05, 0.1) is 0 Å². The van der Waals surface area contributed by atoms with Gasteiger partial charge in [-0.25, -0.2) is 9.98 Å². The van der Waals surface area contributed by atoms with Crippen molar-refractivity contribution in [2.75, 3.05) is 0 Å². The summed E-state index contributed by atoms with van der Waals surface area (Å²) < 4.78 is 0. The summed E-state index contributed by atoms with van der Waals surface area (Å²) in [6.07, 6.45) is 3.28. The molecule has 1 N–H and O–H groups in total. The monoisotopic (exact) mass is 768 g/mol. The highest BCUT2D eigenvalue weighted by Gasteiger charge is 2.26. The second-order valence-corrected chi connectivity index (χ2v) is 14.8. The molecule has 1 unspecified atom stereocenters. The standard InChI is InChI=1S/C56H40N4/c1-6-19-39(20-7-1)49-37-50(52(41-23-10-3-11-24-41)53(42-25-12-4-13-26-42)51(49)40-21-8-2-9-22-40)45-30-17-32-47(36-45)56-59-54(43-27-14-5-15-28-43)58-55(60-56)46-31-16-29-44(35-46)48-33-18-34-57-38-48/h1-38,56H,(H,58,59,60). The average molecular weight is 769 g/mol. The summed E-state index contributed by atoms with van der Waals surface area (Å²) >= 11 is 0. The van der Waals surface area contributed by atoms with E-state index in [1.54, 1.807) is 6.20 Å². The molecule has 60 heavy (non-hydrogen) atoms. The second kappa shape index (κ2) is 16.5. The van der Waals surface area contributed by atoms with E-state index in [2.05, 4.69) is 204 Å². The molecule has 9 aromatic rings. The number of aliphatic imine (C=N–C) groups is 2. The van der Waals surface area contributed by atoms with Gasteiger partial charge in [-0.1, -0.05) is 194 Å². The van der Waals surface area contributed by atoms with Crippen LogP contribution in [0.3, 0.4) is 0 Å². The maximum absolute atomic E-state index is 5.33. The van der Waals surface area contributed by atoms with E-state index in [1.807, 2.05) is 30.5 Å². The molecule has 0 saturated carbocycles. The van der Waals surface area contributed by atoms with Crippen molar-refractivity contribution in [3.63, 3.8) is 0 Å². The number of benzene rings is 8. The summed E-state index contributed by atoms with van der Waals surface area (Å²) in [5, 5.41) is 3.71. The van der Waals surface area contributed by atoms with Crippen molar-refractivity contribution < 1.29 is 0 Å². The van der Waals surface area contributed by atoms with Crippen molar-refractivity contribution in [1.29, 1.82) is 0 Å². The maximum Gasteiger partial charge on any atom is 0.159 e.